The molecule has 3 atom stereocenters. The molecule has 10 heteroatoms. The lowest BCUT2D eigenvalue weighted by Crippen LogP contribution is -2.47. The molecule has 1 amide bonds. The van der Waals surface area contributed by atoms with Gasteiger partial charge in [-0.2, -0.15) is 0 Å². The SMILES string of the molecule is CCCC/C=C\CCCCCCCC(=O)NC(COP(=O)(O)OCC[N+](C)(C)C)C(/C=C\CCCCCCCCCCCCC)OC(=O)CCCCCCC/C=C\C/C=C\C/C=C\C/C=C\CCCCC. The first-order chi connectivity index (χ1) is 34.4. The first kappa shape index (κ1) is 68.5. The average Bonchev–Trinajstić information content (AvgIpc) is 3.33. The minimum atomic E-state index is -4.45. The third kappa shape index (κ3) is 52.1. The van der Waals surface area contributed by atoms with Crippen LogP contribution in [0.5, 0.6) is 0 Å². The summed E-state index contributed by atoms with van der Waals surface area (Å²) < 4.78 is 30.6. The van der Waals surface area contributed by atoms with E-state index in [0.717, 1.165) is 116 Å². The number of amides is 1. The normalized spacial score (nSPS) is 14.3. The van der Waals surface area contributed by atoms with Crippen LogP contribution in [0.3, 0.4) is 0 Å². The van der Waals surface area contributed by atoms with E-state index >= 15 is 0 Å². The van der Waals surface area contributed by atoms with E-state index in [1.807, 2.05) is 33.3 Å². The Labute approximate surface area is 438 Å². The zero-order chi connectivity index (χ0) is 52.2. The van der Waals surface area contributed by atoms with Crippen molar-refractivity contribution in [2.45, 2.75) is 264 Å². The highest BCUT2D eigenvalue weighted by atomic mass is 31.2. The Bertz CT molecular complexity index is 1450. The highest BCUT2D eigenvalue weighted by molar-refractivity contribution is 7.47. The maximum atomic E-state index is 13.5. The number of allylic oxidation sites excluding steroid dienone is 11. The lowest BCUT2D eigenvalue weighted by molar-refractivity contribution is -0.870. The van der Waals surface area contributed by atoms with Gasteiger partial charge in [0.05, 0.1) is 33.8 Å². The highest BCUT2D eigenvalue weighted by Gasteiger charge is 2.30. The number of hydrogen-bond acceptors (Lipinski definition) is 6. The van der Waals surface area contributed by atoms with Gasteiger partial charge in [0.15, 0.2) is 0 Å². The number of carbonyl (C=O) groups is 2. The highest BCUT2D eigenvalue weighted by Crippen LogP contribution is 2.43. The van der Waals surface area contributed by atoms with Gasteiger partial charge in [-0.25, -0.2) is 4.57 Å². The van der Waals surface area contributed by atoms with Crippen LogP contribution < -0.4 is 5.32 Å². The van der Waals surface area contributed by atoms with Crippen LogP contribution in [0.1, 0.15) is 252 Å². The van der Waals surface area contributed by atoms with Crippen LogP contribution in [0, 0.1) is 0 Å². The number of esters is 1. The van der Waals surface area contributed by atoms with Crippen molar-refractivity contribution in [3.63, 3.8) is 0 Å². The number of rotatable bonds is 52. The number of carbonyl (C=O) groups excluding carboxylic acids is 2. The number of likely N-dealkylation sites (N-methyl/N-ethyl adjacent to an activating group) is 1. The second-order valence-corrected chi connectivity index (χ2v) is 22.3. The van der Waals surface area contributed by atoms with Gasteiger partial charge in [-0.05, 0) is 96.0 Å². The molecule has 0 aliphatic rings. The van der Waals surface area contributed by atoms with E-state index in [4.69, 9.17) is 13.8 Å². The first-order valence-corrected chi connectivity index (χ1v) is 30.8. The molecule has 412 valence electrons. The molecule has 0 aliphatic carbocycles. The third-order valence-electron chi connectivity index (χ3n) is 12.6. The minimum absolute atomic E-state index is 0.0330. The Morgan fingerprint density at radius 3 is 1.37 bits per heavy atom. The predicted molar refractivity (Wildman–Crippen MR) is 305 cm³/mol. The molecule has 0 radical (unpaired) electrons. The van der Waals surface area contributed by atoms with E-state index in [2.05, 4.69) is 86.8 Å². The van der Waals surface area contributed by atoms with Gasteiger partial charge >= 0.3 is 13.8 Å². The molecule has 71 heavy (non-hydrogen) atoms. The van der Waals surface area contributed by atoms with Crippen molar-refractivity contribution in [2.75, 3.05) is 40.9 Å². The van der Waals surface area contributed by atoms with Crippen LogP contribution in [0.2, 0.25) is 0 Å². The van der Waals surface area contributed by atoms with Crippen LogP contribution in [-0.4, -0.2) is 74.3 Å². The fraction of sp³-hybridized carbons (Fsp3) is 0.770. The molecular formula is C61H112N2O7P+. The maximum Gasteiger partial charge on any atom is 0.472 e. The Morgan fingerprint density at radius 2 is 0.873 bits per heavy atom. The second kappa shape index (κ2) is 51.0. The molecule has 0 aromatic rings. The van der Waals surface area contributed by atoms with Crippen LogP contribution in [-0.2, 0) is 27.9 Å². The monoisotopic (exact) mass is 1020 g/mol. The maximum absolute atomic E-state index is 13.5. The van der Waals surface area contributed by atoms with Crippen molar-refractivity contribution in [1.82, 2.24) is 5.32 Å². The smallest absolute Gasteiger partial charge is 0.456 e. The summed E-state index contributed by atoms with van der Waals surface area (Å²) in [6.45, 7) is 6.92. The molecule has 0 fully saturated rings. The zero-order valence-electron chi connectivity index (χ0n) is 47.0. The summed E-state index contributed by atoms with van der Waals surface area (Å²) in [6, 6.07) is -0.861. The van der Waals surface area contributed by atoms with E-state index in [1.165, 1.54) is 96.3 Å². The summed E-state index contributed by atoms with van der Waals surface area (Å²) in [7, 11) is 1.47. The van der Waals surface area contributed by atoms with Crippen molar-refractivity contribution in [1.29, 1.82) is 0 Å². The summed E-state index contributed by atoms with van der Waals surface area (Å²) in [5.74, 6) is -0.539. The van der Waals surface area contributed by atoms with Crippen molar-refractivity contribution in [2.24, 2.45) is 0 Å². The minimum Gasteiger partial charge on any atom is -0.456 e. The molecule has 0 saturated carbocycles. The number of ether oxygens (including phenoxy) is 1. The second-order valence-electron chi connectivity index (χ2n) is 20.8. The van der Waals surface area contributed by atoms with Crippen LogP contribution in [0.15, 0.2) is 72.9 Å². The quantitative estimate of drug-likeness (QED) is 0.0205. The van der Waals surface area contributed by atoms with Gasteiger partial charge in [0.2, 0.25) is 5.91 Å². The van der Waals surface area contributed by atoms with Gasteiger partial charge in [-0.3, -0.25) is 18.6 Å². The molecule has 0 bridgehead atoms. The summed E-state index contributed by atoms with van der Waals surface area (Å²) in [6.07, 6.45) is 64.6. The molecule has 0 aromatic carbocycles. The Morgan fingerprint density at radius 1 is 0.493 bits per heavy atom. The largest absolute Gasteiger partial charge is 0.472 e. The zero-order valence-corrected chi connectivity index (χ0v) is 47.8. The number of hydrogen-bond donors (Lipinski definition) is 2. The topological polar surface area (TPSA) is 111 Å². The Balaban J connectivity index is 5.33. The number of phosphoric acid groups is 1. The van der Waals surface area contributed by atoms with Crippen molar-refractivity contribution in [3.8, 4) is 0 Å². The molecule has 0 spiro atoms. The van der Waals surface area contributed by atoms with E-state index in [9.17, 15) is 19.0 Å². The van der Waals surface area contributed by atoms with Crippen LogP contribution >= 0.6 is 7.82 Å². The molecule has 0 rings (SSSR count). The van der Waals surface area contributed by atoms with Crippen LogP contribution in [0.25, 0.3) is 0 Å². The van der Waals surface area contributed by atoms with Crippen LogP contribution in [0.4, 0.5) is 0 Å². The lowest BCUT2D eigenvalue weighted by Gasteiger charge is -2.27. The van der Waals surface area contributed by atoms with Gasteiger partial charge in [0, 0.05) is 12.8 Å². The van der Waals surface area contributed by atoms with Gasteiger partial charge in [0.1, 0.15) is 19.3 Å². The van der Waals surface area contributed by atoms with Gasteiger partial charge in [0.25, 0.3) is 0 Å². The molecule has 2 N–H and O–H groups in total. The molecule has 0 heterocycles. The van der Waals surface area contributed by atoms with Gasteiger partial charge < -0.3 is 19.4 Å². The first-order valence-electron chi connectivity index (χ1n) is 29.3. The molecule has 0 aliphatic heterocycles. The van der Waals surface area contributed by atoms with E-state index in [0.29, 0.717) is 23.9 Å². The number of nitrogens with one attached hydrogen (secondary N) is 1. The molecular weight excluding hydrogens is 904 g/mol. The molecule has 0 aromatic heterocycles. The molecule has 9 nitrogen and oxygen atoms in total. The lowest BCUT2D eigenvalue weighted by atomic mass is 10.0. The van der Waals surface area contributed by atoms with E-state index in [1.54, 1.807) is 0 Å². The van der Waals surface area contributed by atoms with Crippen molar-refractivity contribution in [3.05, 3.63) is 72.9 Å². The summed E-state index contributed by atoms with van der Waals surface area (Å²) in [5.41, 5.74) is 0. The standard InChI is InChI=1S/C61H111N2O7P/c1-7-10-13-16-19-22-25-27-28-29-30-31-32-33-34-36-39-42-45-48-51-54-61(65)70-59(52-49-46-43-40-38-35-26-23-20-17-14-11-8-2)58(57-69-71(66,67)68-56-55-63(4,5)6)62-60(64)53-50-47-44-41-37-24-21-18-15-12-9-3/h18-19,21-22,27-28,30-31,33-34,49,52,58-59H,7-17,20,23-26,29,32,35-48,50-51,53-57H2,1-6H3,(H-,62,64,66,67)/p+1/b21-18-,22-19-,28-27-,31-30-,34-33-,52-49-. The Hall–Kier alpha value is -2.55. The van der Waals surface area contributed by atoms with Crippen molar-refractivity contribution < 1.29 is 37.3 Å². The number of quaternary nitrogens is 1. The number of phosphoric ester groups is 1. The third-order valence-corrected chi connectivity index (χ3v) is 13.6. The van der Waals surface area contributed by atoms with Gasteiger partial charge in [-0.15, -0.1) is 0 Å². The predicted octanol–water partition coefficient (Wildman–Crippen LogP) is 17.7. The van der Waals surface area contributed by atoms with E-state index < -0.39 is 20.0 Å². The Kier molecular flexibility index (Phi) is 49.1. The number of unbranched alkanes of at least 4 members (excludes halogenated alkanes) is 26. The number of nitrogens with zero attached hydrogens (tertiary/aromatic N) is 1. The summed E-state index contributed by atoms with van der Waals surface area (Å²) in [5, 5.41) is 3.03. The molecule has 0 saturated heterocycles. The van der Waals surface area contributed by atoms with Gasteiger partial charge in [-0.1, -0.05) is 216 Å². The summed E-state index contributed by atoms with van der Waals surface area (Å²) >= 11 is 0. The summed E-state index contributed by atoms with van der Waals surface area (Å²) in [4.78, 5) is 37.6. The average molecular weight is 1020 g/mol. The van der Waals surface area contributed by atoms with E-state index in [-0.39, 0.29) is 31.5 Å². The van der Waals surface area contributed by atoms with Crippen molar-refractivity contribution >= 4 is 19.7 Å². The fourth-order valence-electron chi connectivity index (χ4n) is 8.02. The fourth-order valence-corrected chi connectivity index (χ4v) is 8.76. The molecule has 3 unspecified atom stereocenters.